The molecule has 0 aromatic heterocycles. The van der Waals surface area contributed by atoms with Gasteiger partial charge in [0.2, 0.25) is 0 Å². The molecule has 0 saturated heterocycles. The molecule has 1 atom stereocenters. The van der Waals surface area contributed by atoms with Crippen LogP contribution in [0.3, 0.4) is 0 Å². The number of aliphatic carboxylic acids is 1. The van der Waals surface area contributed by atoms with Crippen molar-refractivity contribution in [1.82, 2.24) is 0 Å². The number of alkyl halides is 1. The van der Waals surface area contributed by atoms with E-state index in [0.29, 0.717) is 0 Å². The lowest BCUT2D eigenvalue weighted by Crippen LogP contribution is -2.35. The molecule has 0 bridgehead atoms. The van der Waals surface area contributed by atoms with E-state index in [9.17, 15) is 14.7 Å². The van der Waals surface area contributed by atoms with Crippen LogP contribution in [0.2, 0.25) is 0 Å². The van der Waals surface area contributed by atoms with Crippen LogP contribution < -0.4 is 5.11 Å². The van der Waals surface area contributed by atoms with Gasteiger partial charge in [0.25, 0.3) is 0 Å². The molecule has 0 aromatic rings. The topological polar surface area (TPSA) is 57.2 Å². The highest BCUT2D eigenvalue weighted by Crippen LogP contribution is 1.96. The Morgan fingerprint density at radius 2 is 2.00 bits per heavy atom. The summed E-state index contributed by atoms with van der Waals surface area (Å²) in [4.78, 5) is 19.1. The second kappa shape index (κ2) is 2.81. The lowest BCUT2D eigenvalue weighted by atomic mass is 10.3. The van der Waals surface area contributed by atoms with Gasteiger partial charge in [0.15, 0.2) is 5.78 Å². The Balaban J connectivity index is 3.84. The fourth-order valence-electron chi connectivity index (χ4n) is 0.162. The van der Waals surface area contributed by atoms with Crippen LogP contribution in [0.5, 0.6) is 0 Å². The second-order valence-electron chi connectivity index (χ2n) is 1.27. The van der Waals surface area contributed by atoms with E-state index in [1.807, 2.05) is 0 Å². The molecule has 0 spiro atoms. The van der Waals surface area contributed by atoms with Crippen molar-refractivity contribution in [3.05, 3.63) is 0 Å². The fourth-order valence-corrected chi connectivity index (χ4v) is 0.349. The van der Waals surface area contributed by atoms with Crippen LogP contribution in [0, 0.1) is 0 Å². The first-order valence-corrected chi connectivity index (χ1v) is 2.86. The zero-order valence-electron chi connectivity index (χ0n) is 4.18. The summed E-state index contributed by atoms with van der Waals surface area (Å²) in [7, 11) is 0. The van der Waals surface area contributed by atoms with Crippen LogP contribution in [-0.4, -0.2) is 16.6 Å². The number of carboxylic acids is 1. The van der Waals surface area contributed by atoms with Crippen LogP contribution >= 0.6 is 15.9 Å². The lowest BCUT2D eigenvalue weighted by molar-refractivity contribution is -0.299. The largest absolute Gasteiger partial charge is 0.542 e. The third-order valence-electron chi connectivity index (χ3n) is 0.562. The third-order valence-corrected chi connectivity index (χ3v) is 0.978. The van der Waals surface area contributed by atoms with Gasteiger partial charge < -0.3 is 9.90 Å². The predicted octanol–water partition coefficient (Wildman–Crippen LogP) is -0.911. The van der Waals surface area contributed by atoms with Gasteiger partial charge in [0.1, 0.15) is 5.97 Å². The molecular formula is C4H4BrO3-. The highest BCUT2D eigenvalue weighted by atomic mass is 79.9. The van der Waals surface area contributed by atoms with Gasteiger partial charge in [-0.2, -0.15) is 0 Å². The minimum absolute atomic E-state index is 0.646. The molecule has 0 fully saturated rings. The van der Waals surface area contributed by atoms with Crippen molar-refractivity contribution in [2.24, 2.45) is 0 Å². The number of rotatable bonds is 2. The van der Waals surface area contributed by atoms with Crippen molar-refractivity contribution in [1.29, 1.82) is 0 Å². The first-order chi connectivity index (χ1) is 3.55. The van der Waals surface area contributed by atoms with Crippen LogP contribution in [-0.2, 0) is 9.59 Å². The molecule has 0 saturated carbocycles. The molecule has 0 aliphatic rings. The molecule has 0 amide bonds. The highest BCUT2D eigenvalue weighted by Gasteiger charge is 2.07. The number of ketones is 1. The number of carboxylic acid groups (broad SMARTS) is 1. The summed E-state index contributed by atoms with van der Waals surface area (Å²) in [6.07, 6.45) is 0. The van der Waals surface area contributed by atoms with Gasteiger partial charge in [-0.25, -0.2) is 0 Å². The van der Waals surface area contributed by atoms with Crippen molar-refractivity contribution in [3.63, 3.8) is 0 Å². The van der Waals surface area contributed by atoms with E-state index < -0.39 is 16.6 Å². The Morgan fingerprint density at radius 3 is 2.00 bits per heavy atom. The summed E-state index contributed by atoms with van der Waals surface area (Å²) in [5, 5.41) is 9.65. The summed E-state index contributed by atoms with van der Waals surface area (Å²) in [5.41, 5.74) is 0. The van der Waals surface area contributed by atoms with Crippen molar-refractivity contribution in [3.8, 4) is 0 Å². The lowest BCUT2D eigenvalue weighted by Gasteiger charge is -2.00. The van der Waals surface area contributed by atoms with Crippen LogP contribution in [0.25, 0.3) is 0 Å². The van der Waals surface area contributed by atoms with Crippen molar-refractivity contribution in [2.75, 3.05) is 0 Å². The Morgan fingerprint density at radius 1 is 1.62 bits per heavy atom. The quantitative estimate of drug-likeness (QED) is 0.408. The Hall–Kier alpha value is -0.380. The van der Waals surface area contributed by atoms with Gasteiger partial charge in [0.05, 0.1) is 4.83 Å². The van der Waals surface area contributed by atoms with Crippen molar-refractivity contribution < 1.29 is 14.7 Å². The van der Waals surface area contributed by atoms with E-state index in [4.69, 9.17) is 0 Å². The van der Waals surface area contributed by atoms with Gasteiger partial charge in [-0.05, 0) is 6.92 Å². The van der Waals surface area contributed by atoms with E-state index >= 15 is 0 Å². The minimum atomic E-state index is -1.64. The van der Waals surface area contributed by atoms with E-state index in [2.05, 4.69) is 15.9 Å². The van der Waals surface area contributed by atoms with Gasteiger partial charge in [-0.3, -0.25) is 4.79 Å². The Bertz CT molecular complexity index is 118. The number of carbonyl (C=O) groups is 2. The molecule has 0 radical (unpaired) electrons. The van der Waals surface area contributed by atoms with Crippen molar-refractivity contribution >= 4 is 27.7 Å². The number of carbonyl (C=O) groups excluding carboxylic acids is 2. The zero-order valence-corrected chi connectivity index (χ0v) is 5.77. The molecule has 3 nitrogen and oxygen atoms in total. The summed E-state index contributed by atoms with van der Waals surface area (Å²) in [5.74, 6) is -2.57. The predicted molar refractivity (Wildman–Crippen MR) is 28.4 cm³/mol. The number of halogens is 1. The van der Waals surface area contributed by atoms with Gasteiger partial charge in [0, 0.05) is 0 Å². The molecule has 0 heterocycles. The molecule has 0 N–H and O–H groups in total. The molecule has 0 aliphatic heterocycles. The first-order valence-electron chi connectivity index (χ1n) is 1.95. The highest BCUT2D eigenvalue weighted by molar-refractivity contribution is 9.10. The molecule has 0 aliphatic carbocycles. The normalized spacial score (nSPS) is 12.8. The fraction of sp³-hybridized carbons (Fsp3) is 0.500. The van der Waals surface area contributed by atoms with Gasteiger partial charge in [-0.1, -0.05) is 15.9 Å². The van der Waals surface area contributed by atoms with Crippen molar-refractivity contribution in [2.45, 2.75) is 11.8 Å². The Kier molecular flexibility index (Phi) is 2.68. The maximum Gasteiger partial charge on any atom is 0.191 e. The molecular weight excluding hydrogens is 176 g/mol. The van der Waals surface area contributed by atoms with E-state index in [-0.39, 0.29) is 0 Å². The Labute approximate surface area is 54.8 Å². The molecule has 0 aromatic carbocycles. The maximum atomic E-state index is 10.1. The molecule has 1 unspecified atom stereocenters. The van der Waals surface area contributed by atoms with E-state index in [1.165, 1.54) is 6.92 Å². The van der Waals surface area contributed by atoms with Crippen LogP contribution in [0.1, 0.15) is 6.92 Å². The molecule has 8 heavy (non-hydrogen) atoms. The van der Waals surface area contributed by atoms with Crippen LogP contribution in [0.4, 0.5) is 0 Å². The van der Waals surface area contributed by atoms with E-state index in [0.717, 1.165) is 0 Å². The zero-order chi connectivity index (χ0) is 6.73. The summed E-state index contributed by atoms with van der Waals surface area (Å²) in [6.45, 7) is 1.43. The SMILES string of the molecule is CC(Br)C(=O)C(=O)[O-]. The molecule has 46 valence electrons. The number of hydrogen-bond donors (Lipinski definition) is 0. The second-order valence-corrected chi connectivity index (χ2v) is 2.64. The first kappa shape index (κ1) is 7.62. The standard InChI is InChI=1S/C4H5BrO3/c1-2(5)3(6)4(7)8/h2H,1H3,(H,7,8)/p-1. The molecule has 0 rings (SSSR count). The van der Waals surface area contributed by atoms with E-state index in [1.54, 1.807) is 0 Å². The average molecular weight is 180 g/mol. The van der Waals surface area contributed by atoms with Crippen LogP contribution in [0.15, 0.2) is 0 Å². The van der Waals surface area contributed by atoms with Gasteiger partial charge >= 0.3 is 0 Å². The third kappa shape index (κ3) is 2.07. The monoisotopic (exact) mass is 179 g/mol. The molecule has 4 heteroatoms. The number of hydrogen-bond acceptors (Lipinski definition) is 3. The smallest absolute Gasteiger partial charge is 0.191 e. The summed E-state index contributed by atoms with van der Waals surface area (Å²) >= 11 is 2.77. The minimum Gasteiger partial charge on any atom is -0.542 e. The number of Topliss-reactive ketones (excluding diaryl/α,β-unsaturated/α-hetero) is 1. The maximum absolute atomic E-state index is 10.1. The average Bonchev–Trinajstić information content (AvgIpc) is 1.64. The summed E-state index contributed by atoms with van der Waals surface area (Å²) in [6, 6.07) is 0. The van der Waals surface area contributed by atoms with Gasteiger partial charge in [-0.15, -0.1) is 0 Å². The summed E-state index contributed by atoms with van der Waals surface area (Å²) < 4.78 is 0.